The summed E-state index contributed by atoms with van der Waals surface area (Å²) < 4.78 is 10.5. The molecule has 3 unspecified atom stereocenters. The maximum Gasteiger partial charge on any atom is 0.315 e. The third-order valence-corrected chi connectivity index (χ3v) is 4.10. The van der Waals surface area contributed by atoms with Crippen molar-refractivity contribution < 1.29 is 24.5 Å². The standard InChI is InChI=1S/C10H14O5/c11-8(12)10(9(13)4-14-5-9)3-6-1-2-7(10)15-6/h6-7,13H,1-5H2,(H,11,12). The van der Waals surface area contributed by atoms with Crippen molar-refractivity contribution in [3.63, 3.8) is 0 Å². The Kier molecular flexibility index (Phi) is 1.74. The summed E-state index contributed by atoms with van der Waals surface area (Å²) in [5.74, 6) is -0.944. The predicted octanol–water partition coefficient (Wildman–Crippen LogP) is -0.230. The fraction of sp³-hybridized carbons (Fsp3) is 0.900. The molecule has 2 N–H and O–H groups in total. The van der Waals surface area contributed by atoms with E-state index in [0.717, 1.165) is 12.8 Å². The third kappa shape index (κ3) is 0.959. The van der Waals surface area contributed by atoms with E-state index in [1.807, 2.05) is 0 Å². The summed E-state index contributed by atoms with van der Waals surface area (Å²) in [6.07, 6.45) is 1.74. The van der Waals surface area contributed by atoms with E-state index in [1.165, 1.54) is 0 Å². The average molecular weight is 214 g/mol. The number of ether oxygens (including phenoxy) is 2. The Hall–Kier alpha value is -0.650. The highest BCUT2D eigenvalue weighted by atomic mass is 16.6. The number of carboxylic acids is 1. The highest BCUT2D eigenvalue weighted by Crippen LogP contribution is 2.55. The summed E-state index contributed by atoms with van der Waals surface area (Å²) in [5, 5.41) is 19.7. The zero-order valence-corrected chi connectivity index (χ0v) is 8.31. The van der Waals surface area contributed by atoms with Crippen molar-refractivity contribution in [2.45, 2.75) is 37.1 Å². The lowest BCUT2D eigenvalue weighted by atomic mass is 9.62. The van der Waals surface area contributed by atoms with Crippen molar-refractivity contribution in [3.8, 4) is 0 Å². The average Bonchev–Trinajstić information content (AvgIpc) is 2.73. The van der Waals surface area contributed by atoms with E-state index in [2.05, 4.69) is 0 Å². The molecule has 3 heterocycles. The van der Waals surface area contributed by atoms with E-state index in [9.17, 15) is 15.0 Å². The SMILES string of the molecule is O=C(O)C1(C2(O)COC2)CC2CCC1O2. The van der Waals surface area contributed by atoms with Crippen LogP contribution in [0.3, 0.4) is 0 Å². The first-order valence-corrected chi connectivity index (χ1v) is 5.27. The summed E-state index contributed by atoms with van der Waals surface area (Å²) in [6.45, 7) is 0.234. The molecule has 3 rings (SSSR count). The molecule has 0 spiro atoms. The second-order valence-corrected chi connectivity index (χ2v) is 4.83. The number of fused-ring (bicyclic) bond motifs is 2. The molecule has 15 heavy (non-hydrogen) atoms. The number of carboxylic acid groups (broad SMARTS) is 1. The fourth-order valence-electron chi connectivity index (χ4n) is 3.18. The van der Waals surface area contributed by atoms with Crippen molar-refractivity contribution >= 4 is 5.97 Å². The maximum absolute atomic E-state index is 11.5. The van der Waals surface area contributed by atoms with Crippen LogP contribution in [0.2, 0.25) is 0 Å². The third-order valence-electron chi connectivity index (χ3n) is 4.10. The molecular weight excluding hydrogens is 200 g/mol. The molecule has 3 aliphatic rings. The van der Waals surface area contributed by atoms with Crippen LogP contribution >= 0.6 is 0 Å². The van der Waals surface area contributed by atoms with Crippen LogP contribution in [0.1, 0.15) is 19.3 Å². The van der Waals surface area contributed by atoms with Gasteiger partial charge in [-0.05, 0) is 19.3 Å². The van der Waals surface area contributed by atoms with Crippen LogP contribution in [0, 0.1) is 5.41 Å². The van der Waals surface area contributed by atoms with Crippen molar-refractivity contribution in [2.75, 3.05) is 13.2 Å². The van der Waals surface area contributed by atoms with E-state index in [4.69, 9.17) is 9.47 Å². The van der Waals surface area contributed by atoms with Gasteiger partial charge in [-0.1, -0.05) is 0 Å². The minimum Gasteiger partial charge on any atom is -0.481 e. The lowest BCUT2D eigenvalue weighted by Gasteiger charge is -2.49. The van der Waals surface area contributed by atoms with Gasteiger partial charge < -0.3 is 19.7 Å². The van der Waals surface area contributed by atoms with Gasteiger partial charge in [-0.2, -0.15) is 0 Å². The molecule has 3 fully saturated rings. The molecule has 3 aliphatic heterocycles. The lowest BCUT2D eigenvalue weighted by Crippen LogP contribution is -2.68. The van der Waals surface area contributed by atoms with Gasteiger partial charge in [-0.3, -0.25) is 4.79 Å². The Labute approximate surface area is 87.0 Å². The largest absolute Gasteiger partial charge is 0.481 e. The summed E-state index contributed by atoms with van der Waals surface area (Å²) >= 11 is 0. The van der Waals surface area contributed by atoms with Gasteiger partial charge in [0.2, 0.25) is 0 Å². The molecule has 5 nitrogen and oxygen atoms in total. The van der Waals surface area contributed by atoms with E-state index in [1.54, 1.807) is 0 Å². The number of carbonyl (C=O) groups is 1. The second-order valence-electron chi connectivity index (χ2n) is 4.83. The van der Waals surface area contributed by atoms with Gasteiger partial charge >= 0.3 is 5.97 Å². The van der Waals surface area contributed by atoms with E-state index >= 15 is 0 Å². The highest BCUT2D eigenvalue weighted by Gasteiger charge is 2.70. The molecular formula is C10H14O5. The van der Waals surface area contributed by atoms with Crippen molar-refractivity contribution in [1.29, 1.82) is 0 Å². The first-order chi connectivity index (χ1) is 7.08. The van der Waals surface area contributed by atoms with Crippen molar-refractivity contribution in [2.24, 2.45) is 5.41 Å². The first-order valence-electron chi connectivity index (χ1n) is 5.27. The maximum atomic E-state index is 11.5. The molecule has 3 saturated heterocycles. The minimum atomic E-state index is -1.22. The van der Waals surface area contributed by atoms with Gasteiger partial charge in [0.15, 0.2) is 0 Å². The normalized spacial score (nSPS) is 46.5. The van der Waals surface area contributed by atoms with Gasteiger partial charge in [0, 0.05) is 0 Å². The molecule has 2 bridgehead atoms. The molecule has 0 radical (unpaired) electrons. The lowest BCUT2D eigenvalue weighted by molar-refractivity contribution is -0.253. The van der Waals surface area contributed by atoms with Crippen LogP contribution in [0.15, 0.2) is 0 Å². The molecule has 0 aromatic heterocycles. The Morgan fingerprint density at radius 2 is 2.07 bits per heavy atom. The summed E-state index contributed by atoms with van der Waals surface area (Å²) in [7, 11) is 0. The fourth-order valence-corrected chi connectivity index (χ4v) is 3.18. The molecule has 3 atom stereocenters. The predicted molar refractivity (Wildman–Crippen MR) is 48.3 cm³/mol. The summed E-state index contributed by atoms with van der Waals surface area (Å²) in [6, 6.07) is 0. The van der Waals surface area contributed by atoms with Gasteiger partial charge in [0.25, 0.3) is 0 Å². The number of aliphatic carboxylic acids is 1. The molecule has 5 heteroatoms. The van der Waals surface area contributed by atoms with Gasteiger partial charge in [0.1, 0.15) is 11.0 Å². The zero-order chi connectivity index (χ0) is 10.7. The quantitative estimate of drug-likeness (QED) is 0.664. The van der Waals surface area contributed by atoms with Crippen LogP contribution in [0.5, 0.6) is 0 Å². The molecule has 0 aliphatic carbocycles. The Morgan fingerprint density at radius 1 is 1.33 bits per heavy atom. The Balaban J connectivity index is 2.00. The highest BCUT2D eigenvalue weighted by molar-refractivity contribution is 5.78. The molecule has 0 saturated carbocycles. The van der Waals surface area contributed by atoms with Crippen LogP contribution in [-0.4, -0.2) is 47.2 Å². The van der Waals surface area contributed by atoms with Crippen molar-refractivity contribution in [3.05, 3.63) is 0 Å². The summed E-state index contributed by atoms with van der Waals surface area (Å²) in [4.78, 5) is 11.5. The number of rotatable bonds is 2. The molecule has 0 aromatic carbocycles. The Bertz CT molecular complexity index is 311. The zero-order valence-electron chi connectivity index (χ0n) is 8.31. The summed E-state index contributed by atoms with van der Waals surface area (Å²) in [5.41, 5.74) is -2.35. The Morgan fingerprint density at radius 3 is 2.40 bits per heavy atom. The van der Waals surface area contributed by atoms with Crippen LogP contribution < -0.4 is 0 Å². The van der Waals surface area contributed by atoms with E-state index < -0.39 is 17.0 Å². The topological polar surface area (TPSA) is 76.0 Å². The first kappa shape index (κ1) is 9.57. The minimum absolute atomic E-state index is 0.00993. The molecule has 0 amide bonds. The smallest absolute Gasteiger partial charge is 0.315 e. The van der Waals surface area contributed by atoms with Crippen LogP contribution in [0.25, 0.3) is 0 Å². The van der Waals surface area contributed by atoms with Crippen LogP contribution in [-0.2, 0) is 14.3 Å². The van der Waals surface area contributed by atoms with Crippen molar-refractivity contribution in [1.82, 2.24) is 0 Å². The second kappa shape index (κ2) is 2.72. The number of hydrogen-bond donors (Lipinski definition) is 2. The van der Waals surface area contributed by atoms with Gasteiger partial charge in [0.05, 0.1) is 25.4 Å². The monoisotopic (exact) mass is 214 g/mol. The van der Waals surface area contributed by atoms with E-state index in [-0.39, 0.29) is 25.4 Å². The van der Waals surface area contributed by atoms with Gasteiger partial charge in [-0.25, -0.2) is 0 Å². The van der Waals surface area contributed by atoms with E-state index in [0.29, 0.717) is 6.42 Å². The molecule has 0 aromatic rings. The van der Waals surface area contributed by atoms with Crippen LogP contribution in [0.4, 0.5) is 0 Å². The number of hydrogen-bond acceptors (Lipinski definition) is 4. The number of aliphatic hydroxyl groups is 1. The van der Waals surface area contributed by atoms with Gasteiger partial charge in [-0.15, -0.1) is 0 Å². The molecule has 84 valence electrons.